The van der Waals surface area contributed by atoms with Gasteiger partial charge in [0.2, 0.25) is 5.13 Å². The Kier molecular flexibility index (Phi) is 6.20. The third-order valence-electron chi connectivity index (χ3n) is 3.59. The van der Waals surface area contributed by atoms with Crippen LogP contribution in [0, 0.1) is 0 Å². The lowest BCUT2D eigenvalue weighted by molar-refractivity contribution is 0.0607. The first-order chi connectivity index (χ1) is 13.1. The number of rotatable bonds is 6. The van der Waals surface area contributed by atoms with E-state index in [1.54, 1.807) is 13.3 Å². The minimum absolute atomic E-state index is 0.425. The summed E-state index contributed by atoms with van der Waals surface area (Å²) >= 11 is 4.63. The number of halogens is 1. The Labute approximate surface area is 169 Å². The van der Waals surface area contributed by atoms with Crippen molar-refractivity contribution in [2.75, 3.05) is 19.6 Å². The zero-order valence-electron chi connectivity index (χ0n) is 14.6. The third kappa shape index (κ3) is 4.53. The maximum Gasteiger partial charge on any atom is 0.350 e. The highest BCUT2D eigenvalue weighted by Crippen LogP contribution is 2.31. The second kappa shape index (κ2) is 8.79. The number of methoxy groups -OCH3 is 2. The van der Waals surface area contributed by atoms with Gasteiger partial charge >= 0.3 is 5.97 Å². The van der Waals surface area contributed by atoms with E-state index in [0.29, 0.717) is 15.7 Å². The van der Waals surface area contributed by atoms with Crippen LogP contribution in [0.3, 0.4) is 0 Å². The molecule has 0 radical (unpaired) electrons. The second-order valence-electron chi connectivity index (χ2n) is 5.32. The molecule has 0 unspecified atom stereocenters. The fourth-order valence-corrected chi connectivity index (χ4v) is 3.73. The second-order valence-corrected chi connectivity index (χ2v) is 7.17. The molecule has 0 aliphatic heterocycles. The van der Waals surface area contributed by atoms with E-state index in [1.165, 1.54) is 18.4 Å². The largest absolute Gasteiger partial charge is 0.496 e. The van der Waals surface area contributed by atoms with Crippen molar-refractivity contribution in [3.05, 3.63) is 63.4 Å². The normalized spacial score (nSPS) is 10.8. The molecule has 0 spiro atoms. The molecule has 0 aliphatic rings. The van der Waals surface area contributed by atoms with Crippen LogP contribution in [0.15, 0.2) is 58.1 Å². The first kappa shape index (κ1) is 19.1. The molecule has 0 amide bonds. The first-order valence-electron chi connectivity index (χ1n) is 7.89. The van der Waals surface area contributed by atoms with Gasteiger partial charge in [-0.1, -0.05) is 41.7 Å². The van der Waals surface area contributed by atoms with Gasteiger partial charge in [-0.15, -0.1) is 0 Å². The Morgan fingerprint density at radius 2 is 2.00 bits per heavy atom. The van der Waals surface area contributed by atoms with E-state index in [0.717, 1.165) is 21.3 Å². The molecule has 1 aromatic heterocycles. The van der Waals surface area contributed by atoms with Crippen LogP contribution < -0.4 is 10.2 Å². The molecular formula is C19H16BrN3O3S. The Balaban J connectivity index is 1.82. The smallest absolute Gasteiger partial charge is 0.350 e. The van der Waals surface area contributed by atoms with Gasteiger partial charge in [0.1, 0.15) is 10.6 Å². The molecule has 3 aromatic rings. The summed E-state index contributed by atoms with van der Waals surface area (Å²) in [6.45, 7) is 0. The minimum Gasteiger partial charge on any atom is -0.496 e. The molecule has 1 N–H and O–H groups in total. The lowest BCUT2D eigenvalue weighted by atomic mass is 10.1. The SMILES string of the molecule is COC(=O)c1sc(N/N=C\c2ccc(OC)c(Br)c2)nc1-c1ccccc1. The predicted octanol–water partition coefficient (Wildman–Crippen LogP) is 4.81. The summed E-state index contributed by atoms with van der Waals surface area (Å²) in [5, 5.41) is 4.70. The number of hydrogen-bond acceptors (Lipinski definition) is 7. The molecule has 0 bridgehead atoms. The maximum atomic E-state index is 12.1. The van der Waals surface area contributed by atoms with Crippen molar-refractivity contribution >= 4 is 44.6 Å². The number of ether oxygens (including phenoxy) is 2. The Morgan fingerprint density at radius 3 is 2.67 bits per heavy atom. The van der Waals surface area contributed by atoms with E-state index in [4.69, 9.17) is 9.47 Å². The monoisotopic (exact) mass is 445 g/mol. The molecule has 3 rings (SSSR count). The van der Waals surface area contributed by atoms with Gasteiger partial charge in [0, 0.05) is 5.56 Å². The highest BCUT2D eigenvalue weighted by Gasteiger charge is 2.19. The first-order valence-corrected chi connectivity index (χ1v) is 9.50. The number of benzene rings is 2. The molecule has 8 heteroatoms. The van der Waals surface area contributed by atoms with Crippen LogP contribution in [0.4, 0.5) is 5.13 Å². The van der Waals surface area contributed by atoms with Crippen molar-refractivity contribution in [1.29, 1.82) is 0 Å². The minimum atomic E-state index is -0.428. The van der Waals surface area contributed by atoms with Crippen LogP contribution in [0.25, 0.3) is 11.3 Å². The van der Waals surface area contributed by atoms with E-state index in [1.807, 2.05) is 48.5 Å². The Bertz CT molecular complexity index is 974. The number of carbonyl (C=O) groups is 1. The van der Waals surface area contributed by atoms with Gasteiger partial charge < -0.3 is 9.47 Å². The standard InChI is InChI=1S/C19H16BrN3O3S/c1-25-15-9-8-12(10-14(15)20)11-21-23-19-22-16(13-6-4-3-5-7-13)17(27-19)18(24)26-2/h3-11H,1-2H3,(H,22,23)/b21-11-. The summed E-state index contributed by atoms with van der Waals surface area (Å²) in [4.78, 5) is 17.0. The highest BCUT2D eigenvalue weighted by molar-refractivity contribution is 9.10. The van der Waals surface area contributed by atoms with Crippen LogP contribution in [0.2, 0.25) is 0 Å². The topological polar surface area (TPSA) is 72.8 Å². The number of hydrazone groups is 1. The quantitative estimate of drug-likeness (QED) is 0.334. The summed E-state index contributed by atoms with van der Waals surface area (Å²) < 4.78 is 10.9. The number of hydrogen-bond donors (Lipinski definition) is 1. The van der Waals surface area contributed by atoms with Crippen LogP contribution in [0.1, 0.15) is 15.2 Å². The summed E-state index contributed by atoms with van der Waals surface area (Å²) in [5.74, 6) is 0.317. The van der Waals surface area contributed by atoms with Gasteiger partial charge in [-0.05, 0) is 39.7 Å². The van der Waals surface area contributed by atoms with Crippen LogP contribution in [-0.4, -0.2) is 31.4 Å². The molecule has 0 saturated carbocycles. The molecule has 0 fully saturated rings. The van der Waals surface area contributed by atoms with E-state index < -0.39 is 5.97 Å². The number of nitrogens with zero attached hydrogens (tertiary/aromatic N) is 2. The number of nitrogens with one attached hydrogen (secondary N) is 1. The third-order valence-corrected chi connectivity index (χ3v) is 5.15. The number of esters is 1. The van der Waals surface area contributed by atoms with Crippen molar-refractivity contribution in [2.24, 2.45) is 5.10 Å². The summed E-state index contributed by atoms with van der Waals surface area (Å²) in [5.41, 5.74) is 5.16. The van der Waals surface area contributed by atoms with Crippen LogP contribution >= 0.6 is 27.3 Å². The predicted molar refractivity (Wildman–Crippen MR) is 111 cm³/mol. The summed E-state index contributed by atoms with van der Waals surface area (Å²) in [6.07, 6.45) is 1.66. The Morgan fingerprint density at radius 1 is 1.22 bits per heavy atom. The molecule has 0 saturated heterocycles. The van der Waals surface area contributed by atoms with Gasteiger partial charge in [0.25, 0.3) is 0 Å². The van der Waals surface area contributed by atoms with E-state index >= 15 is 0 Å². The zero-order chi connectivity index (χ0) is 19.2. The number of thiazole rings is 1. The van der Waals surface area contributed by atoms with Gasteiger partial charge in [-0.3, -0.25) is 5.43 Å². The highest BCUT2D eigenvalue weighted by atomic mass is 79.9. The van der Waals surface area contributed by atoms with E-state index in [2.05, 4.69) is 31.4 Å². The molecule has 138 valence electrons. The molecule has 0 aliphatic carbocycles. The molecule has 0 atom stereocenters. The summed E-state index contributed by atoms with van der Waals surface area (Å²) in [7, 11) is 2.96. The van der Waals surface area contributed by atoms with Crippen molar-refractivity contribution in [2.45, 2.75) is 0 Å². The zero-order valence-corrected chi connectivity index (χ0v) is 17.0. The van der Waals surface area contributed by atoms with Crippen molar-refractivity contribution in [3.8, 4) is 17.0 Å². The van der Waals surface area contributed by atoms with E-state index in [9.17, 15) is 4.79 Å². The molecule has 1 heterocycles. The molecule has 2 aromatic carbocycles. The molecular weight excluding hydrogens is 430 g/mol. The van der Waals surface area contributed by atoms with Gasteiger partial charge in [0.15, 0.2) is 0 Å². The Hall–Kier alpha value is -2.71. The maximum absolute atomic E-state index is 12.1. The fourth-order valence-electron chi connectivity index (χ4n) is 2.32. The fraction of sp³-hybridized carbons (Fsp3) is 0.105. The lowest BCUT2D eigenvalue weighted by Crippen LogP contribution is -2.00. The van der Waals surface area contributed by atoms with Crippen molar-refractivity contribution < 1.29 is 14.3 Å². The molecule has 27 heavy (non-hydrogen) atoms. The van der Waals surface area contributed by atoms with Gasteiger partial charge in [0.05, 0.1) is 30.6 Å². The molecule has 6 nitrogen and oxygen atoms in total. The number of carbonyl (C=O) groups excluding carboxylic acids is 1. The number of aromatic nitrogens is 1. The van der Waals surface area contributed by atoms with Crippen molar-refractivity contribution in [3.63, 3.8) is 0 Å². The van der Waals surface area contributed by atoms with Gasteiger partial charge in [-0.2, -0.15) is 5.10 Å². The van der Waals surface area contributed by atoms with Crippen LogP contribution in [0.5, 0.6) is 5.75 Å². The average Bonchev–Trinajstić information content (AvgIpc) is 3.12. The number of anilines is 1. The van der Waals surface area contributed by atoms with E-state index in [-0.39, 0.29) is 0 Å². The van der Waals surface area contributed by atoms with Crippen LogP contribution in [-0.2, 0) is 4.74 Å². The lowest BCUT2D eigenvalue weighted by Gasteiger charge is -2.03. The van der Waals surface area contributed by atoms with Gasteiger partial charge in [-0.25, -0.2) is 9.78 Å². The average molecular weight is 446 g/mol. The van der Waals surface area contributed by atoms with Crippen molar-refractivity contribution in [1.82, 2.24) is 4.98 Å². The summed E-state index contributed by atoms with van der Waals surface area (Å²) in [6, 6.07) is 15.1.